The molecular weight excluding hydrogens is 246 g/mol. The van der Waals surface area contributed by atoms with Crippen LogP contribution >= 0.6 is 0 Å². The second-order valence-electron chi connectivity index (χ2n) is 4.61. The van der Waals surface area contributed by atoms with Crippen LogP contribution in [0, 0.1) is 5.92 Å². The monoisotopic (exact) mass is 265 g/mol. The minimum Gasteiger partial charge on any atom is -0.497 e. The first-order valence-electron chi connectivity index (χ1n) is 6.39. The summed E-state index contributed by atoms with van der Waals surface area (Å²) in [5.41, 5.74) is 6.53. The zero-order valence-electron chi connectivity index (χ0n) is 11.1. The molecule has 0 atom stereocenters. The molecule has 0 unspecified atom stereocenters. The van der Waals surface area contributed by atoms with Crippen LogP contribution in [-0.2, 0) is 9.47 Å². The van der Waals surface area contributed by atoms with Crippen LogP contribution < -0.4 is 10.5 Å². The second kappa shape index (κ2) is 6.43. The van der Waals surface area contributed by atoms with Crippen molar-refractivity contribution in [3.05, 3.63) is 23.8 Å². The number of nitrogen functional groups attached to an aromatic ring is 1. The van der Waals surface area contributed by atoms with Crippen LogP contribution in [0.15, 0.2) is 18.2 Å². The number of carbonyl (C=O) groups excluding carboxylic acids is 1. The van der Waals surface area contributed by atoms with Crippen molar-refractivity contribution in [2.24, 2.45) is 5.92 Å². The van der Waals surface area contributed by atoms with Crippen molar-refractivity contribution in [1.82, 2.24) is 0 Å². The summed E-state index contributed by atoms with van der Waals surface area (Å²) in [5.74, 6) is 0.569. The molecule has 5 heteroatoms. The van der Waals surface area contributed by atoms with Gasteiger partial charge >= 0.3 is 5.97 Å². The van der Waals surface area contributed by atoms with E-state index >= 15 is 0 Å². The van der Waals surface area contributed by atoms with E-state index in [4.69, 9.17) is 19.9 Å². The van der Waals surface area contributed by atoms with Gasteiger partial charge in [-0.25, -0.2) is 4.79 Å². The van der Waals surface area contributed by atoms with E-state index in [-0.39, 0.29) is 0 Å². The molecule has 0 radical (unpaired) electrons. The number of hydrogen-bond acceptors (Lipinski definition) is 5. The van der Waals surface area contributed by atoms with Gasteiger partial charge in [0.25, 0.3) is 0 Å². The van der Waals surface area contributed by atoms with Crippen molar-refractivity contribution >= 4 is 11.7 Å². The van der Waals surface area contributed by atoms with Gasteiger partial charge in [-0.2, -0.15) is 0 Å². The Labute approximate surface area is 112 Å². The SMILES string of the molecule is COc1ccc(N)c(C(=O)OCC2CCOCC2)c1. The highest BCUT2D eigenvalue weighted by molar-refractivity contribution is 5.95. The molecule has 1 aromatic rings. The third kappa shape index (κ3) is 3.61. The number of carbonyl (C=O) groups is 1. The fraction of sp³-hybridized carbons (Fsp3) is 0.500. The van der Waals surface area contributed by atoms with Gasteiger partial charge < -0.3 is 19.9 Å². The molecular formula is C14H19NO4. The van der Waals surface area contributed by atoms with E-state index < -0.39 is 5.97 Å². The summed E-state index contributed by atoms with van der Waals surface area (Å²) >= 11 is 0. The van der Waals surface area contributed by atoms with Crippen LogP contribution in [0.3, 0.4) is 0 Å². The van der Waals surface area contributed by atoms with Crippen LogP contribution in [0.1, 0.15) is 23.2 Å². The Morgan fingerprint density at radius 1 is 1.42 bits per heavy atom. The number of esters is 1. The molecule has 0 amide bonds. The first-order valence-corrected chi connectivity index (χ1v) is 6.39. The van der Waals surface area contributed by atoms with E-state index in [1.165, 1.54) is 0 Å². The van der Waals surface area contributed by atoms with Crippen LogP contribution in [0.2, 0.25) is 0 Å². The van der Waals surface area contributed by atoms with E-state index in [2.05, 4.69) is 0 Å². The molecule has 1 aliphatic heterocycles. The van der Waals surface area contributed by atoms with Crippen molar-refractivity contribution in [2.75, 3.05) is 32.7 Å². The highest BCUT2D eigenvalue weighted by atomic mass is 16.5. The molecule has 0 bridgehead atoms. The Kier molecular flexibility index (Phi) is 4.63. The minimum absolute atomic E-state index is 0.353. The van der Waals surface area contributed by atoms with Crippen molar-refractivity contribution in [1.29, 1.82) is 0 Å². The Morgan fingerprint density at radius 3 is 2.84 bits per heavy atom. The zero-order chi connectivity index (χ0) is 13.7. The Balaban J connectivity index is 1.95. The lowest BCUT2D eigenvalue weighted by molar-refractivity contribution is 0.0186. The van der Waals surface area contributed by atoms with Crippen molar-refractivity contribution < 1.29 is 19.0 Å². The largest absolute Gasteiger partial charge is 0.497 e. The molecule has 0 spiro atoms. The molecule has 19 heavy (non-hydrogen) atoms. The zero-order valence-corrected chi connectivity index (χ0v) is 11.1. The van der Waals surface area contributed by atoms with Gasteiger partial charge in [-0.05, 0) is 37.0 Å². The standard InChI is InChI=1S/C14H19NO4/c1-17-11-2-3-13(15)12(8-11)14(16)19-9-10-4-6-18-7-5-10/h2-3,8,10H,4-7,9,15H2,1H3. The first kappa shape index (κ1) is 13.7. The molecule has 1 heterocycles. The smallest absolute Gasteiger partial charge is 0.340 e. The number of ether oxygens (including phenoxy) is 3. The predicted molar refractivity (Wildman–Crippen MR) is 71.2 cm³/mol. The fourth-order valence-corrected chi connectivity index (χ4v) is 2.02. The van der Waals surface area contributed by atoms with Gasteiger partial charge in [-0.1, -0.05) is 0 Å². The predicted octanol–water partition coefficient (Wildman–Crippen LogP) is 1.86. The first-order chi connectivity index (χ1) is 9.20. The number of rotatable bonds is 4. The van der Waals surface area contributed by atoms with E-state index in [1.54, 1.807) is 25.3 Å². The van der Waals surface area contributed by atoms with Gasteiger partial charge in [0.1, 0.15) is 5.75 Å². The number of nitrogens with two attached hydrogens (primary N) is 1. The Bertz CT molecular complexity index is 441. The van der Waals surface area contributed by atoms with E-state index in [0.29, 0.717) is 29.5 Å². The molecule has 1 saturated heterocycles. The molecule has 104 valence electrons. The number of hydrogen-bond donors (Lipinski definition) is 1. The third-order valence-electron chi connectivity index (χ3n) is 3.27. The summed E-state index contributed by atoms with van der Waals surface area (Å²) in [7, 11) is 1.54. The summed E-state index contributed by atoms with van der Waals surface area (Å²) in [6.45, 7) is 1.89. The van der Waals surface area contributed by atoms with Gasteiger partial charge in [-0.3, -0.25) is 0 Å². The summed E-state index contributed by atoms with van der Waals surface area (Å²) in [5, 5.41) is 0. The van der Waals surface area contributed by atoms with Gasteiger partial charge in [-0.15, -0.1) is 0 Å². The van der Waals surface area contributed by atoms with Crippen LogP contribution in [0.4, 0.5) is 5.69 Å². The molecule has 5 nitrogen and oxygen atoms in total. The summed E-state index contributed by atoms with van der Waals surface area (Å²) in [6, 6.07) is 4.95. The number of anilines is 1. The molecule has 2 N–H and O–H groups in total. The normalized spacial score (nSPS) is 16.1. The molecule has 1 aromatic carbocycles. The number of benzene rings is 1. The van der Waals surface area contributed by atoms with E-state index in [1.807, 2.05) is 0 Å². The minimum atomic E-state index is -0.400. The Hall–Kier alpha value is -1.75. The third-order valence-corrected chi connectivity index (χ3v) is 3.27. The maximum absolute atomic E-state index is 12.0. The average molecular weight is 265 g/mol. The van der Waals surface area contributed by atoms with E-state index in [0.717, 1.165) is 26.1 Å². The van der Waals surface area contributed by atoms with Crippen molar-refractivity contribution in [3.63, 3.8) is 0 Å². The molecule has 2 rings (SSSR count). The number of methoxy groups -OCH3 is 1. The summed E-state index contributed by atoms with van der Waals surface area (Å²) in [6.07, 6.45) is 1.86. The average Bonchev–Trinajstić information content (AvgIpc) is 2.46. The van der Waals surface area contributed by atoms with Crippen molar-refractivity contribution in [2.45, 2.75) is 12.8 Å². The molecule has 0 saturated carbocycles. The lowest BCUT2D eigenvalue weighted by Crippen LogP contribution is -2.22. The molecule has 0 aromatic heterocycles. The van der Waals surface area contributed by atoms with Gasteiger partial charge in [0.05, 0.1) is 19.3 Å². The molecule has 1 fully saturated rings. The Morgan fingerprint density at radius 2 is 2.16 bits per heavy atom. The second-order valence-corrected chi connectivity index (χ2v) is 4.61. The van der Waals surface area contributed by atoms with Crippen LogP contribution in [0.5, 0.6) is 5.75 Å². The highest BCUT2D eigenvalue weighted by Crippen LogP contribution is 2.21. The highest BCUT2D eigenvalue weighted by Gasteiger charge is 2.18. The maximum Gasteiger partial charge on any atom is 0.340 e. The van der Waals surface area contributed by atoms with Gasteiger partial charge in [0.15, 0.2) is 0 Å². The maximum atomic E-state index is 12.0. The van der Waals surface area contributed by atoms with Crippen LogP contribution in [-0.4, -0.2) is 32.9 Å². The van der Waals surface area contributed by atoms with Crippen LogP contribution in [0.25, 0.3) is 0 Å². The fourth-order valence-electron chi connectivity index (χ4n) is 2.02. The molecule has 0 aliphatic carbocycles. The topological polar surface area (TPSA) is 70.8 Å². The lowest BCUT2D eigenvalue weighted by atomic mass is 10.0. The lowest BCUT2D eigenvalue weighted by Gasteiger charge is -2.21. The summed E-state index contributed by atoms with van der Waals surface area (Å²) < 4.78 is 15.7. The van der Waals surface area contributed by atoms with Gasteiger partial charge in [0, 0.05) is 18.9 Å². The quantitative estimate of drug-likeness (QED) is 0.664. The molecule has 1 aliphatic rings. The van der Waals surface area contributed by atoms with E-state index in [9.17, 15) is 4.79 Å². The van der Waals surface area contributed by atoms with Gasteiger partial charge in [0.2, 0.25) is 0 Å². The summed E-state index contributed by atoms with van der Waals surface area (Å²) in [4.78, 5) is 12.0. The van der Waals surface area contributed by atoms with Crippen molar-refractivity contribution in [3.8, 4) is 5.75 Å².